The molecule has 0 saturated heterocycles. The molecule has 1 heterocycles. The molecule has 0 bridgehead atoms. The molecule has 2 nitrogen and oxygen atoms in total. The molecule has 1 aliphatic heterocycles. The van der Waals surface area contributed by atoms with E-state index in [9.17, 15) is 0 Å². The van der Waals surface area contributed by atoms with E-state index in [2.05, 4.69) is 25.8 Å². The van der Waals surface area contributed by atoms with Gasteiger partial charge < -0.3 is 9.64 Å². The summed E-state index contributed by atoms with van der Waals surface area (Å²) in [6.45, 7) is 5.01. The highest BCUT2D eigenvalue weighted by Crippen LogP contribution is 2.40. The Bertz CT molecular complexity index is 362. The van der Waals surface area contributed by atoms with E-state index in [1.807, 2.05) is 18.2 Å². The second-order valence-corrected chi connectivity index (χ2v) is 4.71. The molecule has 0 spiro atoms. The van der Waals surface area contributed by atoms with Crippen LogP contribution in [0.1, 0.15) is 13.8 Å². The molecule has 76 valence electrons. The number of hydrogen-bond acceptors (Lipinski definition) is 2. The van der Waals surface area contributed by atoms with Crippen molar-refractivity contribution in [2.45, 2.75) is 19.4 Å². The Balaban J connectivity index is 2.51. The molecule has 1 aromatic carbocycles. The van der Waals surface area contributed by atoms with Gasteiger partial charge in [-0.1, -0.05) is 17.7 Å². The third-order valence-electron chi connectivity index (χ3n) is 2.35. The summed E-state index contributed by atoms with van der Waals surface area (Å²) in [5.41, 5.74) is 0.893. The van der Waals surface area contributed by atoms with Gasteiger partial charge in [-0.05, 0) is 26.0 Å². The Morgan fingerprint density at radius 2 is 2.14 bits per heavy atom. The first-order valence-electron chi connectivity index (χ1n) is 4.68. The summed E-state index contributed by atoms with van der Waals surface area (Å²) in [5.74, 6) is 0.799. The average Bonchev–Trinajstić information content (AvgIpc) is 2.05. The maximum absolute atomic E-state index is 6.08. The summed E-state index contributed by atoms with van der Waals surface area (Å²) in [7, 11) is 2.05. The number of hydrogen-bond donors (Lipinski definition) is 0. The Morgan fingerprint density at radius 1 is 1.43 bits per heavy atom. The zero-order valence-corrected chi connectivity index (χ0v) is 9.43. The van der Waals surface area contributed by atoms with Crippen LogP contribution in [0.2, 0.25) is 5.02 Å². The number of fused-ring (bicyclic) bond motifs is 1. The molecule has 0 atom stereocenters. The Hall–Kier alpha value is -0.890. The fourth-order valence-electron chi connectivity index (χ4n) is 1.86. The summed E-state index contributed by atoms with van der Waals surface area (Å²) in [5, 5.41) is 0.683. The molecule has 0 N–H and O–H groups in total. The molecule has 0 aliphatic carbocycles. The highest BCUT2D eigenvalue weighted by molar-refractivity contribution is 6.32. The minimum atomic E-state index is -0.174. The minimum absolute atomic E-state index is 0.174. The molecule has 0 aromatic heterocycles. The lowest BCUT2D eigenvalue weighted by atomic mass is 10.1. The van der Waals surface area contributed by atoms with E-state index in [0.29, 0.717) is 5.02 Å². The third kappa shape index (κ3) is 1.55. The van der Waals surface area contributed by atoms with Crippen LogP contribution in [-0.2, 0) is 0 Å². The summed E-state index contributed by atoms with van der Waals surface area (Å²) >= 11 is 6.08. The van der Waals surface area contributed by atoms with Crippen molar-refractivity contribution in [3.8, 4) is 5.75 Å². The van der Waals surface area contributed by atoms with Crippen molar-refractivity contribution in [1.82, 2.24) is 0 Å². The van der Waals surface area contributed by atoms with Crippen molar-refractivity contribution in [3.05, 3.63) is 23.2 Å². The van der Waals surface area contributed by atoms with Gasteiger partial charge in [0.05, 0.1) is 17.3 Å². The lowest BCUT2D eigenvalue weighted by Gasteiger charge is -2.39. The number of benzene rings is 1. The largest absolute Gasteiger partial charge is 0.482 e. The van der Waals surface area contributed by atoms with Gasteiger partial charge in [0.1, 0.15) is 5.60 Å². The van der Waals surface area contributed by atoms with Crippen LogP contribution in [0.5, 0.6) is 5.75 Å². The molecule has 0 unspecified atom stereocenters. The van der Waals surface area contributed by atoms with Crippen molar-refractivity contribution in [1.29, 1.82) is 0 Å². The van der Waals surface area contributed by atoms with Gasteiger partial charge >= 0.3 is 0 Å². The lowest BCUT2D eigenvalue weighted by Crippen LogP contribution is -2.45. The highest BCUT2D eigenvalue weighted by atomic mass is 35.5. The van der Waals surface area contributed by atoms with E-state index >= 15 is 0 Å². The van der Waals surface area contributed by atoms with Crippen LogP contribution in [0.4, 0.5) is 5.69 Å². The van der Waals surface area contributed by atoms with Gasteiger partial charge in [-0.25, -0.2) is 0 Å². The Labute approximate surface area is 89.4 Å². The van der Waals surface area contributed by atoms with Gasteiger partial charge in [0, 0.05) is 7.05 Å². The normalized spacial score (nSPS) is 18.7. The molecule has 1 aromatic rings. The van der Waals surface area contributed by atoms with E-state index < -0.39 is 0 Å². The van der Waals surface area contributed by atoms with Crippen LogP contribution in [0.25, 0.3) is 0 Å². The molecule has 0 amide bonds. The first kappa shape index (κ1) is 9.66. The lowest BCUT2D eigenvalue weighted by molar-refractivity contribution is 0.107. The standard InChI is InChI=1S/C11H14ClNO/c1-11(2)7-13(3)9-6-4-5-8(12)10(9)14-11/h4-6H,7H2,1-3H3. The topological polar surface area (TPSA) is 12.5 Å². The maximum atomic E-state index is 6.08. The minimum Gasteiger partial charge on any atom is -0.482 e. The highest BCUT2D eigenvalue weighted by Gasteiger charge is 2.30. The zero-order valence-electron chi connectivity index (χ0n) is 8.67. The molecule has 0 radical (unpaired) electrons. The van der Waals surface area contributed by atoms with E-state index in [0.717, 1.165) is 18.0 Å². The fourth-order valence-corrected chi connectivity index (χ4v) is 2.07. The predicted octanol–water partition coefficient (Wildman–Crippen LogP) is 2.95. The third-order valence-corrected chi connectivity index (χ3v) is 2.65. The second kappa shape index (κ2) is 3.06. The van der Waals surface area contributed by atoms with Crippen LogP contribution in [-0.4, -0.2) is 19.2 Å². The SMILES string of the molecule is CN1CC(C)(C)Oc2c(Cl)cccc21. The first-order chi connectivity index (χ1) is 6.49. The molecular weight excluding hydrogens is 198 g/mol. The maximum Gasteiger partial charge on any atom is 0.162 e. The van der Waals surface area contributed by atoms with Gasteiger partial charge in [0.2, 0.25) is 0 Å². The Kier molecular flexibility index (Phi) is 2.11. The molecule has 2 rings (SSSR count). The van der Waals surface area contributed by atoms with Crippen LogP contribution in [0.3, 0.4) is 0 Å². The van der Waals surface area contributed by atoms with Crippen LogP contribution in [0.15, 0.2) is 18.2 Å². The monoisotopic (exact) mass is 211 g/mol. The van der Waals surface area contributed by atoms with Crippen molar-refractivity contribution >= 4 is 17.3 Å². The number of para-hydroxylation sites is 1. The number of nitrogens with zero attached hydrogens (tertiary/aromatic N) is 1. The van der Waals surface area contributed by atoms with Crippen molar-refractivity contribution in [3.63, 3.8) is 0 Å². The van der Waals surface area contributed by atoms with E-state index in [1.165, 1.54) is 0 Å². The van der Waals surface area contributed by atoms with Crippen molar-refractivity contribution in [2.24, 2.45) is 0 Å². The summed E-state index contributed by atoms with van der Waals surface area (Å²) in [6.07, 6.45) is 0. The number of likely N-dealkylation sites (N-methyl/N-ethyl adjacent to an activating group) is 1. The predicted molar refractivity (Wildman–Crippen MR) is 59.4 cm³/mol. The van der Waals surface area contributed by atoms with Crippen molar-refractivity contribution < 1.29 is 4.74 Å². The summed E-state index contributed by atoms with van der Waals surface area (Å²) in [6, 6.07) is 5.82. The molecular formula is C11H14ClNO. The molecule has 0 fully saturated rings. The quantitative estimate of drug-likeness (QED) is 0.654. The van der Waals surface area contributed by atoms with E-state index in [4.69, 9.17) is 16.3 Å². The number of rotatable bonds is 0. The van der Waals surface area contributed by atoms with E-state index in [-0.39, 0.29) is 5.60 Å². The fraction of sp³-hybridized carbons (Fsp3) is 0.455. The van der Waals surface area contributed by atoms with Crippen LogP contribution >= 0.6 is 11.6 Å². The number of anilines is 1. The smallest absolute Gasteiger partial charge is 0.162 e. The molecule has 3 heteroatoms. The van der Waals surface area contributed by atoms with Gasteiger partial charge in [-0.3, -0.25) is 0 Å². The number of halogens is 1. The molecule has 1 aliphatic rings. The molecule has 14 heavy (non-hydrogen) atoms. The first-order valence-corrected chi connectivity index (χ1v) is 5.06. The summed E-state index contributed by atoms with van der Waals surface area (Å²) in [4.78, 5) is 2.17. The van der Waals surface area contributed by atoms with E-state index in [1.54, 1.807) is 0 Å². The average molecular weight is 212 g/mol. The van der Waals surface area contributed by atoms with Gasteiger partial charge in [0.15, 0.2) is 5.75 Å². The number of ether oxygens (including phenoxy) is 1. The second-order valence-electron chi connectivity index (χ2n) is 4.31. The molecule has 0 saturated carbocycles. The van der Waals surface area contributed by atoms with Crippen LogP contribution < -0.4 is 9.64 Å². The Morgan fingerprint density at radius 3 is 2.86 bits per heavy atom. The van der Waals surface area contributed by atoms with Gasteiger partial charge in [-0.15, -0.1) is 0 Å². The van der Waals surface area contributed by atoms with Crippen molar-refractivity contribution in [2.75, 3.05) is 18.5 Å². The van der Waals surface area contributed by atoms with Gasteiger partial charge in [0.25, 0.3) is 0 Å². The summed E-state index contributed by atoms with van der Waals surface area (Å²) < 4.78 is 5.85. The van der Waals surface area contributed by atoms with Crippen LogP contribution in [0, 0.1) is 0 Å². The zero-order chi connectivity index (χ0) is 10.3. The van der Waals surface area contributed by atoms with Gasteiger partial charge in [-0.2, -0.15) is 0 Å².